The normalized spacial score (nSPS) is 10.4. The molecule has 118 valence electrons. The van der Waals surface area contributed by atoms with Crippen LogP contribution in [0.3, 0.4) is 0 Å². The highest BCUT2D eigenvalue weighted by Gasteiger charge is 2.10. The molecule has 1 rings (SSSR count). The number of benzene rings is 1. The molecule has 1 amide bonds. The van der Waals surface area contributed by atoms with Gasteiger partial charge in [0.2, 0.25) is 5.91 Å². The van der Waals surface area contributed by atoms with E-state index in [4.69, 9.17) is 4.74 Å². The van der Waals surface area contributed by atoms with E-state index in [-0.39, 0.29) is 5.91 Å². The summed E-state index contributed by atoms with van der Waals surface area (Å²) in [6.45, 7) is 7.44. The van der Waals surface area contributed by atoms with Gasteiger partial charge in [0.15, 0.2) is 0 Å². The molecule has 0 radical (unpaired) electrons. The highest BCUT2D eigenvalue weighted by atomic mass is 16.5. The van der Waals surface area contributed by atoms with Crippen LogP contribution in [0.25, 0.3) is 0 Å². The van der Waals surface area contributed by atoms with Crippen molar-refractivity contribution >= 4 is 5.91 Å². The molecule has 0 aromatic heterocycles. The zero-order chi connectivity index (χ0) is 15.5. The molecule has 4 heteroatoms. The first-order valence-electron chi connectivity index (χ1n) is 7.82. The van der Waals surface area contributed by atoms with E-state index in [0.29, 0.717) is 6.42 Å². The highest BCUT2D eigenvalue weighted by Crippen LogP contribution is 2.10. The first-order chi connectivity index (χ1) is 10.2. The molecule has 0 fully saturated rings. The zero-order valence-electron chi connectivity index (χ0n) is 13.5. The molecule has 0 aliphatic carbocycles. The fourth-order valence-corrected chi connectivity index (χ4v) is 2.23. The average Bonchev–Trinajstić information content (AvgIpc) is 2.51. The Kier molecular flexibility index (Phi) is 8.51. The van der Waals surface area contributed by atoms with E-state index in [2.05, 4.69) is 19.2 Å². The number of methoxy groups -OCH3 is 1. The number of hydrogen-bond donors (Lipinski definition) is 1. The summed E-state index contributed by atoms with van der Waals surface area (Å²) >= 11 is 0. The largest absolute Gasteiger partial charge is 0.497 e. The topological polar surface area (TPSA) is 41.6 Å². The zero-order valence-corrected chi connectivity index (χ0v) is 13.5. The number of amides is 1. The lowest BCUT2D eigenvalue weighted by atomic mass is 10.2. The Bertz CT molecular complexity index is 398. The lowest BCUT2D eigenvalue weighted by Gasteiger charge is -2.21. The fourth-order valence-electron chi connectivity index (χ4n) is 2.23. The van der Waals surface area contributed by atoms with Gasteiger partial charge >= 0.3 is 0 Å². The monoisotopic (exact) mass is 292 g/mol. The maximum atomic E-state index is 12.1. The molecular weight excluding hydrogens is 264 g/mol. The lowest BCUT2D eigenvalue weighted by molar-refractivity contribution is -0.131. The summed E-state index contributed by atoms with van der Waals surface area (Å²) in [4.78, 5) is 14.1. The average molecular weight is 292 g/mol. The van der Waals surface area contributed by atoms with Gasteiger partial charge < -0.3 is 15.0 Å². The lowest BCUT2D eigenvalue weighted by Crippen LogP contribution is -2.34. The summed E-state index contributed by atoms with van der Waals surface area (Å²) in [5.41, 5.74) is 1.20. The molecule has 0 spiro atoms. The van der Waals surface area contributed by atoms with Crippen LogP contribution >= 0.6 is 0 Å². The maximum Gasteiger partial charge on any atom is 0.223 e. The van der Waals surface area contributed by atoms with Crippen LogP contribution in [0.15, 0.2) is 24.3 Å². The van der Waals surface area contributed by atoms with Crippen LogP contribution in [0.4, 0.5) is 0 Å². The second-order valence-electron chi connectivity index (χ2n) is 5.16. The van der Waals surface area contributed by atoms with Crippen molar-refractivity contribution in [3.63, 3.8) is 0 Å². The Labute approximate surface area is 128 Å². The third kappa shape index (κ3) is 6.63. The van der Waals surface area contributed by atoms with Crippen molar-refractivity contribution in [2.24, 2.45) is 0 Å². The smallest absolute Gasteiger partial charge is 0.223 e. The summed E-state index contributed by atoms with van der Waals surface area (Å²) in [6, 6.07) is 7.97. The maximum absolute atomic E-state index is 12.1. The summed E-state index contributed by atoms with van der Waals surface area (Å²) in [5.74, 6) is 1.12. The Balaban J connectivity index is 2.26. The number of carbonyl (C=O) groups is 1. The van der Waals surface area contributed by atoms with Crippen molar-refractivity contribution in [1.29, 1.82) is 0 Å². The van der Waals surface area contributed by atoms with Crippen molar-refractivity contribution in [2.75, 3.05) is 26.7 Å². The van der Waals surface area contributed by atoms with Gasteiger partial charge in [0.1, 0.15) is 5.75 Å². The van der Waals surface area contributed by atoms with E-state index in [1.807, 2.05) is 29.2 Å². The van der Waals surface area contributed by atoms with Crippen LogP contribution < -0.4 is 10.1 Å². The Morgan fingerprint density at radius 1 is 1.14 bits per heavy atom. The first kappa shape index (κ1) is 17.5. The van der Waals surface area contributed by atoms with Crippen LogP contribution in [0.5, 0.6) is 5.75 Å². The first-order valence-corrected chi connectivity index (χ1v) is 7.82. The number of hydrogen-bond acceptors (Lipinski definition) is 3. The number of nitrogens with one attached hydrogen (secondary N) is 1. The third-order valence-electron chi connectivity index (χ3n) is 3.34. The van der Waals surface area contributed by atoms with Crippen LogP contribution in [0.1, 0.15) is 38.7 Å². The third-order valence-corrected chi connectivity index (χ3v) is 3.34. The van der Waals surface area contributed by atoms with Crippen molar-refractivity contribution in [3.05, 3.63) is 29.8 Å². The molecule has 0 aliphatic rings. The SMILES string of the molecule is CCCN(CCC)C(=O)CCNCc1ccc(OC)cc1. The van der Waals surface area contributed by atoms with E-state index >= 15 is 0 Å². The molecule has 0 aliphatic heterocycles. The number of carbonyl (C=O) groups excluding carboxylic acids is 1. The van der Waals surface area contributed by atoms with Gasteiger partial charge in [-0.3, -0.25) is 4.79 Å². The van der Waals surface area contributed by atoms with E-state index in [0.717, 1.165) is 44.8 Å². The molecule has 21 heavy (non-hydrogen) atoms. The molecule has 1 aromatic carbocycles. The minimum atomic E-state index is 0.251. The quantitative estimate of drug-likeness (QED) is 0.674. The number of rotatable bonds is 10. The van der Waals surface area contributed by atoms with Gasteiger partial charge in [0.25, 0.3) is 0 Å². The Morgan fingerprint density at radius 2 is 1.76 bits per heavy atom. The molecule has 1 aromatic rings. The second kappa shape index (κ2) is 10.2. The summed E-state index contributed by atoms with van der Waals surface area (Å²) in [6.07, 6.45) is 2.60. The van der Waals surface area contributed by atoms with Crippen LogP contribution in [0.2, 0.25) is 0 Å². The minimum Gasteiger partial charge on any atom is -0.497 e. The van der Waals surface area contributed by atoms with Gasteiger partial charge in [0, 0.05) is 32.6 Å². The van der Waals surface area contributed by atoms with Gasteiger partial charge in [-0.05, 0) is 30.5 Å². The predicted molar refractivity (Wildman–Crippen MR) is 86.5 cm³/mol. The Hall–Kier alpha value is -1.55. The molecule has 0 bridgehead atoms. The van der Waals surface area contributed by atoms with Crippen LogP contribution in [-0.2, 0) is 11.3 Å². The molecule has 0 unspecified atom stereocenters. The predicted octanol–water partition coefficient (Wildman–Crippen LogP) is 2.82. The standard InChI is InChI=1S/C17H28N2O2/c1-4-12-19(13-5-2)17(20)10-11-18-14-15-6-8-16(21-3)9-7-15/h6-9,18H,4-5,10-14H2,1-3H3. The highest BCUT2D eigenvalue weighted by molar-refractivity contribution is 5.76. The molecule has 0 heterocycles. The van der Waals surface area contributed by atoms with Crippen molar-refractivity contribution in [1.82, 2.24) is 10.2 Å². The van der Waals surface area contributed by atoms with E-state index < -0.39 is 0 Å². The van der Waals surface area contributed by atoms with Gasteiger partial charge in [0.05, 0.1) is 7.11 Å². The van der Waals surface area contributed by atoms with Crippen LogP contribution in [-0.4, -0.2) is 37.6 Å². The molecule has 0 atom stereocenters. The Morgan fingerprint density at radius 3 is 2.29 bits per heavy atom. The molecule has 4 nitrogen and oxygen atoms in total. The van der Waals surface area contributed by atoms with E-state index in [1.54, 1.807) is 7.11 Å². The van der Waals surface area contributed by atoms with Gasteiger partial charge in [-0.25, -0.2) is 0 Å². The van der Waals surface area contributed by atoms with Crippen molar-refractivity contribution in [2.45, 2.75) is 39.7 Å². The van der Waals surface area contributed by atoms with E-state index in [9.17, 15) is 4.79 Å². The van der Waals surface area contributed by atoms with Crippen LogP contribution in [0, 0.1) is 0 Å². The number of nitrogens with zero attached hydrogens (tertiary/aromatic N) is 1. The van der Waals surface area contributed by atoms with Gasteiger partial charge in [-0.2, -0.15) is 0 Å². The molecular formula is C17H28N2O2. The number of ether oxygens (including phenoxy) is 1. The summed E-state index contributed by atoms with van der Waals surface area (Å²) < 4.78 is 5.13. The minimum absolute atomic E-state index is 0.251. The van der Waals surface area contributed by atoms with Gasteiger partial charge in [-0.15, -0.1) is 0 Å². The summed E-state index contributed by atoms with van der Waals surface area (Å²) in [7, 11) is 1.66. The van der Waals surface area contributed by atoms with Gasteiger partial charge in [-0.1, -0.05) is 26.0 Å². The molecule has 1 N–H and O–H groups in total. The molecule has 0 saturated heterocycles. The van der Waals surface area contributed by atoms with Crippen molar-refractivity contribution < 1.29 is 9.53 Å². The molecule has 0 saturated carbocycles. The van der Waals surface area contributed by atoms with Crippen molar-refractivity contribution in [3.8, 4) is 5.75 Å². The fraction of sp³-hybridized carbons (Fsp3) is 0.588. The van der Waals surface area contributed by atoms with E-state index in [1.165, 1.54) is 5.56 Å². The second-order valence-corrected chi connectivity index (χ2v) is 5.16. The summed E-state index contributed by atoms with van der Waals surface area (Å²) in [5, 5.41) is 3.32.